The fourth-order valence-electron chi connectivity index (χ4n) is 2.32. The van der Waals surface area contributed by atoms with Gasteiger partial charge in [-0.3, -0.25) is 0 Å². The molecule has 0 amide bonds. The van der Waals surface area contributed by atoms with Crippen LogP contribution in [0, 0.1) is 12.8 Å². The Morgan fingerprint density at radius 1 is 1.28 bits per heavy atom. The van der Waals surface area contributed by atoms with Gasteiger partial charge in [-0.15, -0.1) is 0 Å². The zero-order chi connectivity index (χ0) is 13.3. The third-order valence-corrected chi connectivity index (χ3v) is 4.29. The molecule has 2 nitrogen and oxygen atoms in total. The number of anilines is 1. The molecule has 0 saturated carbocycles. The van der Waals surface area contributed by atoms with Crippen LogP contribution in [0.5, 0.6) is 0 Å². The number of hydrogen-bond donors (Lipinski definition) is 1. The van der Waals surface area contributed by atoms with Gasteiger partial charge in [0.25, 0.3) is 0 Å². The number of benzene rings is 1. The summed E-state index contributed by atoms with van der Waals surface area (Å²) in [6, 6.07) is 4.45. The monoisotopic (exact) mass is 286 g/mol. The number of hydrogen-bond acceptors (Lipinski definition) is 2. The van der Waals surface area contributed by atoms with E-state index in [0.717, 1.165) is 40.9 Å². The largest absolute Gasteiger partial charge is 0.367 e. The molecule has 1 saturated heterocycles. The summed E-state index contributed by atoms with van der Waals surface area (Å²) in [5, 5.41) is 5.13. The number of halogens is 2. The van der Waals surface area contributed by atoms with Gasteiger partial charge in [0, 0.05) is 30.7 Å². The summed E-state index contributed by atoms with van der Waals surface area (Å²) < 4.78 is 0. The number of rotatable bonds is 2. The zero-order valence-electron chi connectivity index (χ0n) is 11.1. The molecule has 1 fully saturated rings. The lowest BCUT2D eigenvalue weighted by atomic mass is 10.0. The molecule has 18 heavy (non-hydrogen) atoms. The number of aryl methyl sites for hydroxylation is 1. The molecule has 1 atom stereocenters. The second kappa shape index (κ2) is 5.68. The van der Waals surface area contributed by atoms with Crippen LogP contribution in [-0.2, 0) is 0 Å². The molecule has 1 N–H and O–H groups in total. The summed E-state index contributed by atoms with van der Waals surface area (Å²) in [6.07, 6.45) is 0. The van der Waals surface area contributed by atoms with Crippen LogP contribution >= 0.6 is 23.2 Å². The molecule has 1 aromatic carbocycles. The van der Waals surface area contributed by atoms with E-state index in [4.69, 9.17) is 23.2 Å². The minimum Gasteiger partial charge on any atom is -0.367 e. The molecule has 100 valence electrons. The average molecular weight is 287 g/mol. The van der Waals surface area contributed by atoms with Crippen molar-refractivity contribution in [1.29, 1.82) is 0 Å². The molecule has 1 heterocycles. The summed E-state index contributed by atoms with van der Waals surface area (Å²) in [4.78, 5) is 2.33. The lowest BCUT2D eigenvalue weighted by Gasteiger charge is -2.37. The second-order valence-corrected chi connectivity index (χ2v) is 6.12. The molecule has 0 radical (unpaired) electrons. The highest BCUT2D eigenvalue weighted by Crippen LogP contribution is 2.32. The lowest BCUT2D eigenvalue weighted by molar-refractivity contribution is 0.368. The van der Waals surface area contributed by atoms with Crippen molar-refractivity contribution in [2.24, 2.45) is 5.92 Å². The highest BCUT2D eigenvalue weighted by atomic mass is 35.5. The van der Waals surface area contributed by atoms with Crippen molar-refractivity contribution in [2.75, 3.05) is 24.5 Å². The van der Waals surface area contributed by atoms with Crippen LogP contribution in [0.3, 0.4) is 0 Å². The van der Waals surface area contributed by atoms with E-state index in [1.807, 2.05) is 19.1 Å². The molecule has 0 aromatic heterocycles. The molecule has 2 rings (SSSR count). The Kier molecular flexibility index (Phi) is 4.41. The van der Waals surface area contributed by atoms with Gasteiger partial charge in [0.2, 0.25) is 0 Å². The Bertz CT molecular complexity index is 432. The molecule has 1 unspecified atom stereocenters. The smallest absolute Gasteiger partial charge is 0.0643 e. The van der Waals surface area contributed by atoms with Crippen molar-refractivity contribution in [3.63, 3.8) is 0 Å². The van der Waals surface area contributed by atoms with Crippen LogP contribution in [0.1, 0.15) is 19.4 Å². The second-order valence-electron chi connectivity index (χ2n) is 5.30. The molecule has 1 aliphatic heterocycles. The number of nitrogens with one attached hydrogen (secondary N) is 1. The predicted molar refractivity (Wildman–Crippen MR) is 80.0 cm³/mol. The van der Waals surface area contributed by atoms with Crippen LogP contribution in [-0.4, -0.2) is 25.7 Å². The van der Waals surface area contributed by atoms with Gasteiger partial charge >= 0.3 is 0 Å². The normalized spacial score (nSPS) is 20.6. The fourth-order valence-corrected chi connectivity index (χ4v) is 2.82. The first-order valence-corrected chi connectivity index (χ1v) is 7.18. The Hall–Kier alpha value is -0.440. The summed E-state index contributed by atoms with van der Waals surface area (Å²) in [6.45, 7) is 9.41. The number of nitrogens with zero attached hydrogens (tertiary/aromatic N) is 1. The van der Waals surface area contributed by atoms with E-state index in [2.05, 4.69) is 24.1 Å². The third-order valence-electron chi connectivity index (χ3n) is 3.58. The minimum absolute atomic E-state index is 0.509. The zero-order valence-corrected chi connectivity index (χ0v) is 12.6. The predicted octanol–water partition coefficient (Wildman–Crippen LogP) is 3.74. The Balaban J connectivity index is 2.23. The van der Waals surface area contributed by atoms with Crippen molar-refractivity contribution in [3.05, 3.63) is 27.7 Å². The highest BCUT2D eigenvalue weighted by molar-refractivity contribution is 6.35. The standard InChI is InChI=1S/C14H20Cl2N2/c1-9(2)13-8-18(5-4-17-13)14-7-11(15)10(3)6-12(14)16/h6-7,9,13,17H,4-5,8H2,1-3H3. The van der Waals surface area contributed by atoms with Gasteiger partial charge in [-0.2, -0.15) is 0 Å². The highest BCUT2D eigenvalue weighted by Gasteiger charge is 2.23. The topological polar surface area (TPSA) is 15.3 Å². The van der Waals surface area contributed by atoms with Gasteiger partial charge in [0.1, 0.15) is 0 Å². The molecule has 0 bridgehead atoms. The molecular formula is C14H20Cl2N2. The Labute approximate surface area is 119 Å². The van der Waals surface area contributed by atoms with E-state index in [9.17, 15) is 0 Å². The van der Waals surface area contributed by atoms with Gasteiger partial charge in [-0.25, -0.2) is 0 Å². The first-order chi connectivity index (χ1) is 8.49. The fraction of sp³-hybridized carbons (Fsp3) is 0.571. The van der Waals surface area contributed by atoms with Crippen molar-refractivity contribution >= 4 is 28.9 Å². The van der Waals surface area contributed by atoms with Gasteiger partial charge in [0.05, 0.1) is 10.7 Å². The van der Waals surface area contributed by atoms with Gasteiger partial charge in [0.15, 0.2) is 0 Å². The van der Waals surface area contributed by atoms with Crippen LogP contribution in [0.4, 0.5) is 5.69 Å². The lowest BCUT2D eigenvalue weighted by Crippen LogP contribution is -2.53. The van der Waals surface area contributed by atoms with Crippen molar-refractivity contribution in [3.8, 4) is 0 Å². The molecule has 1 aliphatic rings. The quantitative estimate of drug-likeness (QED) is 0.891. The SMILES string of the molecule is Cc1cc(Cl)c(N2CCNC(C(C)C)C2)cc1Cl. The number of piperazine rings is 1. The summed E-state index contributed by atoms with van der Waals surface area (Å²) in [5.41, 5.74) is 2.08. The Morgan fingerprint density at radius 3 is 2.67 bits per heavy atom. The minimum atomic E-state index is 0.509. The molecule has 4 heteroatoms. The Morgan fingerprint density at radius 2 is 2.00 bits per heavy atom. The van der Waals surface area contributed by atoms with E-state index in [0.29, 0.717) is 12.0 Å². The van der Waals surface area contributed by atoms with Crippen LogP contribution in [0.25, 0.3) is 0 Å². The van der Waals surface area contributed by atoms with E-state index in [1.165, 1.54) is 0 Å². The first kappa shape index (κ1) is 14.0. The summed E-state index contributed by atoms with van der Waals surface area (Å²) in [7, 11) is 0. The van der Waals surface area contributed by atoms with Crippen LogP contribution in [0.2, 0.25) is 10.0 Å². The van der Waals surface area contributed by atoms with Crippen LogP contribution < -0.4 is 10.2 Å². The van der Waals surface area contributed by atoms with E-state index in [1.54, 1.807) is 0 Å². The molecular weight excluding hydrogens is 267 g/mol. The van der Waals surface area contributed by atoms with Crippen LogP contribution in [0.15, 0.2) is 12.1 Å². The van der Waals surface area contributed by atoms with Gasteiger partial charge < -0.3 is 10.2 Å². The average Bonchev–Trinajstić information content (AvgIpc) is 2.34. The maximum Gasteiger partial charge on any atom is 0.0643 e. The maximum atomic E-state index is 6.34. The summed E-state index contributed by atoms with van der Waals surface area (Å²) >= 11 is 12.5. The van der Waals surface area contributed by atoms with Crippen molar-refractivity contribution in [1.82, 2.24) is 5.32 Å². The maximum absolute atomic E-state index is 6.34. The molecule has 1 aromatic rings. The summed E-state index contributed by atoms with van der Waals surface area (Å²) in [5.74, 6) is 0.618. The molecule has 0 spiro atoms. The van der Waals surface area contributed by atoms with E-state index in [-0.39, 0.29) is 0 Å². The van der Waals surface area contributed by atoms with Crippen molar-refractivity contribution < 1.29 is 0 Å². The van der Waals surface area contributed by atoms with E-state index < -0.39 is 0 Å². The van der Waals surface area contributed by atoms with Gasteiger partial charge in [-0.1, -0.05) is 37.0 Å². The molecule has 0 aliphatic carbocycles. The van der Waals surface area contributed by atoms with E-state index >= 15 is 0 Å². The first-order valence-electron chi connectivity index (χ1n) is 6.43. The van der Waals surface area contributed by atoms with Gasteiger partial charge in [-0.05, 0) is 30.5 Å². The van der Waals surface area contributed by atoms with Crippen molar-refractivity contribution in [2.45, 2.75) is 26.8 Å². The third kappa shape index (κ3) is 2.93.